The molecule has 2 heterocycles. The number of carbonyl (C=O) groups is 1. The number of ether oxygens (including phenoxy) is 1. The van der Waals surface area contributed by atoms with Crippen molar-refractivity contribution >= 4 is 23.3 Å². The fourth-order valence-corrected chi connectivity index (χ4v) is 3.10. The average Bonchev–Trinajstić information content (AvgIpc) is 2.80. The Morgan fingerprint density at radius 1 is 1.09 bits per heavy atom. The molecule has 0 spiro atoms. The van der Waals surface area contributed by atoms with Crippen molar-refractivity contribution in [3.05, 3.63) is 106 Å². The van der Waals surface area contributed by atoms with Crippen LogP contribution in [0, 0.1) is 18.3 Å². The van der Waals surface area contributed by atoms with E-state index in [2.05, 4.69) is 10.3 Å². The summed E-state index contributed by atoms with van der Waals surface area (Å²) in [4.78, 5) is 30.3. The summed E-state index contributed by atoms with van der Waals surface area (Å²) in [6.45, 7) is 1.89. The Hall–Kier alpha value is -4.70. The Labute approximate surface area is 183 Å². The van der Waals surface area contributed by atoms with Gasteiger partial charge in [0.25, 0.3) is 11.5 Å². The molecule has 4 aromatic rings. The minimum Gasteiger partial charge on any atom is -0.438 e. The highest BCUT2D eigenvalue weighted by molar-refractivity contribution is 6.09. The molecule has 4 rings (SSSR count). The zero-order valence-corrected chi connectivity index (χ0v) is 17.1. The zero-order chi connectivity index (χ0) is 22.5. The van der Waals surface area contributed by atoms with E-state index in [4.69, 9.17) is 4.74 Å². The van der Waals surface area contributed by atoms with Crippen LogP contribution >= 0.6 is 0 Å². The van der Waals surface area contributed by atoms with Crippen molar-refractivity contribution in [2.75, 3.05) is 5.32 Å². The van der Waals surface area contributed by atoms with Gasteiger partial charge in [-0.1, -0.05) is 36.4 Å². The van der Waals surface area contributed by atoms with Crippen molar-refractivity contribution < 1.29 is 9.53 Å². The van der Waals surface area contributed by atoms with Gasteiger partial charge in [0.15, 0.2) is 0 Å². The largest absolute Gasteiger partial charge is 0.438 e. The lowest BCUT2D eigenvalue weighted by Crippen LogP contribution is -2.20. The molecule has 1 N–H and O–H groups in total. The van der Waals surface area contributed by atoms with E-state index in [0.717, 1.165) is 5.56 Å². The fourth-order valence-electron chi connectivity index (χ4n) is 3.10. The quantitative estimate of drug-likeness (QED) is 0.381. The standard InChI is InChI=1S/C25H18N4O3/c1-17-8-7-9-19(14-17)27-23(30)18(16-26)15-21-24(32-20-10-3-2-4-11-20)28-22-12-5-6-13-29(22)25(21)31/h2-15H,1H3,(H,27,30)/b18-15+. The molecule has 7 heteroatoms. The minimum absolute atomic E-state index is 0.00325. The van der Waals surface area contributed by atoms with E-state index in [-0.39, 0.29) is 17.0 Å². The molecule has 0 fully saturated rings. The van der Waals surface area contributed by atoms with E-state index in [0.29, 0.717) is 17.1 Å². The van der Waals surface area contributed by atoms with E-state index in [1.54, 1.807) is 66.9 Å². The first kappa shape index (κ1) is 20.6. The van der Waals surface area contributed by atoms with Gasteiger partial charge in [-0.25, -0.2) is 0 Å². The van der Waals surface area contributed by atoms with Crippen LogP contribution in [0.3, 0.4) is 0 Å². The maximum atomic E-state index is 13.2. The highest BCUT2D eigenvalue weighted by Gasteiger charge is 2.17. The van der Waals surface area contributed by atoms with Crippen LogP contribution in [0.25, 0.3) is 11.7 Å². The van der Waals surface area contributed by atoms with E-state index >= 15 is 0 Å². The van der Waals surface area contributed by atoms with Crippen LogP contribution in [0.15, 0.2) is 89.4 Å². The minimum atomic E-state index is -0.638. The molecule has 7 nitrogen and oxygen atoms in total. The molecule has 2 aromatic carbocycles. The number of hydrogen-bond donors (Lipinski definition) is 1. The average molecular weight is 422 g/mol. The first-order valence-electron chi connectivity index (χ1n) is 9.79. The summed E-state index contributed by atoms with van der Waals surface area (Å²) in [6, 6.07) is 23.0. The number of nitriles is 1. The number of pyridine rings is 1. The van der Waals surface area contributed by atoms with Gasteiger partial charge in [-0.3, -0.25) is 14.0 Å². The molecule has 156 valence electrons. The van der Waals surface area contributed by atoms with Crippen molar-refractivity contribution in [3.63, 3.8) is 0 Å². The molecule has 0 aliphatic carbocycles. The molecule has 0 radical (unpaired) electrons. The number of amides is 1. The molecular formula is C25H18N4O3. The SMILES string of the molecule is Cc1cccc(NC(=O)/C(C#N)=C/c2c(Oc3ccccc3)nc3ccccn3c2=O)c1. The summed E-state index contributed by atoms with van der Waals surface area (Å²) in [7, 11) is 0. The van der Waals surface area contributed by atoms with Gasteiger partial charge in [-0.15, -0.1) is 0 Å². The maximum absolute atomic E-state index is 13.2. The van der Waals surface area contributed by atoms with Gasteiger partial charge in [0.2, 0.25) is 5.88 Å². The predicted octanol–water partition coefficient (Wildman–Crippen LogP) is 4.34. The lowest BCUT2D eigenvalue weighted by atomic mass is 10.1. The summed E-state index contributed by atoms with van der Waals surface area (Å²) < 4.78 is 7.18. The zero-order valence-electron chi connectivity index (χ0n) is 17.1. The van der Waals surface area contributed by atoms with E-state index in [1.165, 1.54) is 10.5 Å². The maximum Gasteiger partial charge on any atom is 0.269 e. The number of benzene rings is 2. The number of para-hydroxylation sites is 1. The second kappa shape index (κ2) is 8.98. The first-order chi connectivity index (χ1) is 15.5. The second-order valence-electron chi connectivity index (χ2n) is 6.97. The van der Waals surface area contributed by atoms with Crippen molar-refractivity contribution in [1.82, 2.24) is 9.38 Å². The van der Waals surface area contributed by atoms with Crippen molar-refractivity contribution in [1.29, 1.82) is 5.26 Å². The third-order valence-electron chi connectivity index (χ3n) is 4.62. The molecule has 1 amide bonds. The molecule has 32 heavy (non-hydrogen) atoms. The van der Waals surface area contributed by atoms with Crippen molar-refractivity contribution in [2.45, 2.75) is 6.92 Å². The second-order valence-corrected chi connectivity index (χ2v) is 6.97. The van der Waals surface area contributed by atoms with E-state index in [9.17, 15) is 14.9 Å². The molecule has 0 saturated heterocycles. The van der Waals surface area contributed by atoms with Crippen LogP contribution in [0.5, 0.6) is 11.6 Å². The summed E-state index contributed by atoms with van der Waals surface area (Å²) >= 11 is 0. The number of rotatable bonds is 5. The number of anilines is 1. The number of fused-ring (bicyclic) bond motifs is 1. The monoisotopic (exact) mass is 422 g/mol. The molecule has 0 saturated carbocycles. The highest BCUT2D eigenvalue weighted by Crippen LogP contribution is 2.24. The van der Waals surface area contributed by atoms with E-state index < -0.39 is 11.5 Å². The summed E-state index contributed by atoms with van der Waals surface area (Å²) in [5, 5.41) is 12.3. The first-order valence-corrected chi connectivity index (χ1v) is 9.79. The molecule has 0 atom stereocenters. The summed E-state index contributed by atoms with van der Waals surface area (Å²) in [5.41, 5.74) is 1.17. The molecule has 0 bridgehead atoms. The number of aryl methyl sites for hydroxylation is 1. The number of carbonyl (C=O) groups excluding carboxylic acids is 1. The number of nitrogens with zero attached hydrogens (tertiary/aromatic N) is 3. The van der Waals surface area contributed by atoms with Crippen LogP contribution in [0.4, 0.5) is 5.69 Å². The molecule has 2 aromatic heterocycles. The summed E-state index contributed by atoms with van der Waals surface area (Å²) in [6.07, 6.45) is 2.77. The van der Waals surface area contributed by atoms with Gasteiger partial charge >= 0.3 is 0 Å². The molecule has 0 unspecified atom stereocenters. The third kappa shape index (κ3) is 4.40. The summed E-state index contributed by atoms with van der Waals surface area (Å²) in [5.74, 6) is -0.165. The molecule has 0 aliphatic rings. The van der Waals surface area contributed by atoms with Gasteiger partial charge in [0.1, 0.15) is 28.6 Å². The van der Waals surface area contributed by atoms with Crippen LogP contribution in [0.2, 0.25) is 0 Å². The Balaban J connectivity index is 1.80. The van der Waals surface area contributed by atoms with Crippen LogP contribution in [-0.2, 0) is 4.79 Å². The van der Waals surface area contributed by atoms with Crippen LogP contribution in [0.1, 0.15) is 11.1 Å². The van der Waals surface area contributed by atoms with Gasteiger partial charge in [-0.05, 0) is 55.0 Å². The number of aromatic nitrogens is 2. The number of nitrogens with one attached hydrogen (secondary N) is 1. The Morgan fingerprint density at radius 2 is 1.88 bits per heavy atom. The Bertz CT molecular complexity index is 1430. The van der Waals surface area contributed by atoms with Gasteiger partial charge in [0, 0.05) is 11.9 Å². The lowest BCUT2D eigenvalue weighted by Gasteiger charge is -2.10. The van der Waals surface area contributed by atoms with Gasteiger partial charge in [0.05, 0.1) is 0 Å². The van der Waals surface area contributed by atoms with Gasteiger partial charge in [-0.2, -0.15) is 10.2 Å². The molecular weight excluding hydrogens is 404 g/mol. The topological polar surface area (TPSA) is 96.5 Å². The smallest absolute Gasteiger partial charge is 0.269 e. The van der Waals surface area contributed by atoms with E-state index in [1.807, 2.05) is 25.1 Å². The third-order valence-corrected chi connectivity index (χ3v) is 4.62. The van der Waals surface area contributed by atoms with Gasteiger partial charge < -0.3 is 10.1 Å². The number of hydrogen-bond acceptors (Lipinski definition) is 5. The predicted molar refractivity (Wildman–Crippen MR) is 121 cm³/mol. The fraction of sp³-hybridized carbons (Fsp3) is 0.0400. The van der Waals surface area contributed by atoms with Crippen molar-refractivity contribution in [2.24, 2.45) is 0 Å². The van der Waals surface area contributed by atoms with Crippen LogP contribution in [-0.4, -0.2) is 15.3 Å². The highest BCUT2D eigenvalue weighted by atomic mass is 16.5. The Kier molecular flexibility index (Phi) is 5.77. The molecule has 0 aliphatic heterocycles. The normalized spacial score (nSPS) is 11.1. The van der Waals surface area contributed by atoms with Crippen LogP contribution < -0.4 is 15.6 Å². The van der Waals surface area contributed by atoms with Crippen molar-refractivity contribution in [3.8, 4) is 17.7 Å². The Morgan fingerprint density at radius 3 is 2.62 bits per heavy atom. The lowest BCUT2D eigenvalue weighted by molar-refractivity contribution is -0.112.